The van der Waals surface area contributed by atoms with Crippen LogP contribution in [0, 0.1) is 0 Å². The molecule has 0 radical (unpaired) electrons. The molecule has 7 heteroatoms. The first-order valence-electron chi connectivity index (χ1n) is 5.89. The lowest BCUT2D eigenvalue weighted by molar-refractivity contribution is -0.142. The molecule has 0 atom stereocenters. The average molecular weight is 282 g/mol. The Morgan fingerprint density at radius 1 is 0.789 bits per heavy atom. The van der Waals surface area contributed by atoms with Gasteiger partial charge in [-0.3, -0.25) is 0 Å². The maximum Gasteiger partial charge on any atom is 0.416 e. The van der Waals surface area contributed by atoms with Gasteiger partial charge in [-0.1, -0.05) is 44.1 Å². The predicted octanol–water partition coefficient (Wildman–Crippen LogP) is 4.47. The molecule has 0 amide bonds. The van der Waals surface area contributed by atoms with E-state index in [9.17, 15) is 26.3 Å². The Balaban J connectivity index is 3.41. The van der Waals surface area contributed by atoms with Crippen molar-refractivity contribution in [1.29, 1.82) is 0 Å². The third-order valence-electron chi connectivity index (χ3n) is 3.07. The average Bonchev–Trinajstić information content (AvgIpc) is 2.28. The Morgan fingerprint density at radius 3 is 1.42 bits per heavy atom. The van der Waals surface area contributed by atoms with Gasteiger partial charge in [-0.2, -0.15) is 26.3 Å². The molecule has 0 heterocycles. The van der Waals surface area contributed by atoms with Gasteiger partial charge >= 0.3 is 12.4 Å². The highest BCUT2D eigenvalue weighted by molar-refractivity contribution is 6.73. The fourth-order valence-electron chi connectivity index (χ4n) is 1.97. The molecule has 0 fully saturated rings. The molecular formula is C12H13BF6. The summed E-state index contributed by atoms with van der Waals surface area (Å²) in [5.41, 5.74) is -2.40. The van der Waals surface area contributed by atoms with Crippen molar-refractivity contribution in [2.24, 2.45) is 0 Å². The second-order valence-electron chi connectivity index (χ2n) is 4.35. The van der Waals surface area contributed by atoms with Gasteiger partial charge in [-0.25, -0.2) is 0 Å². The highest BCUT2D eigenvalue weighted by atomic mass is 19.4. The van der Waals surface area contributed by atoms with Gasteiger partial charge in [0.25, 0.3) is 0 Å². The summed E-state index contributed by atoms with van der Waals surface area (Å²) in [7, 11) is 0. The minimum Gasteiger partial charge on any atom is -0.166 e. The van der Waals surface area contributed by atoms with Crippen molar-refractivity contribution in [3.05, 3.63) is 29.3 Å². The molecule has 0 aliphatic rings. The first-order valence-corrected chi connectivity index (χ1v) is 5.89. The summed E-state index contributed by atoms with van der Waals surface area (Å²) in [6, 6.07) is 1.78. The Bertz CT molecular complexity index is 399. The first kappa shape index (κ1) is 15.9. The van der Waals surface area contributed by atoms with Crippen molar-refractivity contribution < 1.29 is 26.3 Å². The van der Waals surface area contributed by atoms with Crippen LogP contribution in [-0.4, -0.2) is 6.71 Å². The largest absolute Gasteiger partial charge is 0.416 e. The van der Waals surface area contributed by atoms with Crippen LogP contribution in [0.1, 0.15) is 25.0 Å². The lowest BCUT2D eigenvalue weighted by Gasteiger charge is -2.17. The van der Waals surface area contributed by atoms with Crippen molar-refractivity contribution in [3.8, 4) is 0 Å². The van der Waals surface area contributed by atoms with E-state index in [0.29, 0.717) is 12.6 Å². The van der Waals surface area contributed by atoms with Gasteiger partial charge in [-0.15, -0.1) is 0 Å². The zero-order valence-corrected chi connectivity index (χ0v) is 10.5. The summed E-state index contributed by atoms with van der Waals surface area (Å²) in [5, 5.41) is 0. The minimum atomic E-state index is -4.78. The Labute approximate surface area is 107 Å². The number of halogens is 6. The van der Waals surface area contributed by atoms with E-state index in [2.05, 4.69) is 0 Å². The molecular weight excluding hydrogens is 269 g/mol. The van der Waals surface area contributed by atoms with Crippen molar-refractivity contribution in [3.63, 3.8) is 0 Å². The molecule has 0 unspecified atom stereocenters. The van der Waals surface area contributed by atoms with Crippen molar-refractivity contribution >= 4 is 12.2 Å². The molecule has 0 N–H and O–H groups in total. The van der Waals surface area contributed by atoms with Gasteiger partial charge in [-0.05, 0) is 6.07 Å². The predicted molar refractivity (Wildman–Crippen MR) is 62.8 cm³/mol. The third-order valence-corrected chi connectivity index (χ3v) is 3.07. The zero-order chi connectivity index (χ0) is 14.8. The number of rotatable bonds is 3. The fourth-order valence-corrected chi connectivity index (χ4v) is 1.97. The number of benzene rings is 1. The summed E-state index contributed by atoms with van der Waals surface area (Å²) in [4.78, 5) is 0. The van der Waals surface area contributed by atoms with E-state index in [4.69, 9.17) is 0 Å². The van der Waals surface area contributed by atoms with E-state index in [-0.39, 0.29) is 18.2 Å². The molecule has 0 spiro atoms. The van der Waals surface area contributed by atoms with E-state index in [1.165, 1.54) is 0 Å². The van der Waals surface area contributed by atoms with Gasteiger partial charge < -0.3 is 0 Å². The van der Waals surface area contributed by atoms with Gasteiger partial charge in [0.1, 0.15) is 0 Å². The SMILES string of the molecule is CCB(CC)c1cc(C(F)(F)F)cc(C(F)(F)F)c1. The molecule has 106 valence electrons. The van der Waals surface area contributed by atoms with Crippen LogP contribution in [0.4, 0.5) is 26.3 Å². The molecule has 0 bridgehead atoms. The standard InChI is InChI=1S/C12H13BF6/c1-3-13(4-2)10-6-8(11(14,15)16)5-9(7-10)12(17,18)19/h5-7H,3-4H2,1-2H3. The molecule has 0 aliphatic heterocycles. The molecule has 0 saturated heterocycles. The van der Waals surface area contributed by atoms with E-state index < -0.39 is 23.5 Å². The normalized spacial score (nSPS) is 12.6. The molecule has 1 aromatic rings. The van der Waals surface area contributed by atoms with Crippen molar-refractivity contribution in [1.82, 2.24) is 0 Å². The van der Waals surface area contributed by atoms with Crippen LogP contribution < -0.4 is 5.46 Å². The van der Waals surface area contributed by atoms with Crippen LogP contribution in [-0.2, 0) is 12.4 Å². The quantitative estimate of drug-likeness (QED) is 0.567. The van der Waals surface area contributed by atoms with Crippen molar-refractivity contribution in [2.45, 2.75) is 38.8 Å². The highest BCUT2D eigenvalue weighted by Gasteiger charge is 2.37. The van der Waals surface area contributed by atoms with Gasteiger partial charge in [0.15, 0.2) is 6.71 Å². The second kappa shape index (κ2) is 5.47. The molecule has 1 rings (SSSR count). The Hall–Kier alpha value is -1.14. The lowest BCUT2D eigenvalue weighted by atomic mass is 9.41. The summed E-state index contributed by atoms with van der Waals surface area (Å²) in [6.45, 7) is 3.17. The van der Waals surface area contributed by atoms with Gasteiger partial charge in [0.05, 0.1) is 11.1 Å². The minimum absolute atomic E-state index is 0.0900. The Kier molecular flexibility index (Phi) is 4.58. The zero-order valence-electron chi connectivity index (χ0n) is 10.5. The van der Waals surface area contributed by atoms with Crippen LogP contribution in [0.25, 0.3) is 0 Å². The lowest BCUT2D eigenvalue weighted by Crippen LogP contribution is -2.31. The van der Waals surface area contributed by atoms with E-state index in [1.54, 1.807) is 13.8 Å². The maximum atomic E-state index is 12.6. The van der Waals surface area contributed by atoms with Crippen LogP contribution in [0.15, 0.2) is 18.2 Å². The van der Waals surface area contributed by atoms with Gasteiger partial charge in [0.2, 0.25) is 0 Å². The van der Waals surface area contributed by atoms with E-state index in [1.807, 2.05) is 0 Å². The fraction of sp³-hybridized carbons (Fsp3) is 0.500. The second-order valence-corrected chi connectivity index (χ2v) is 4.35. The smallest absolute Gasteiger partial charge is 0.166 e. The molecule has 1 aromatic carbocycles. The summed E-state index contributed by atoms with van der Waals surface area (Å²) in [5.74, 6) is 0. The number of hydrogen-bond donors (Lipinski definition) is 0. The van der Waals surface area contributed by atoms with Crippen LogP contribution in [0.3, 0.4) is 0 Å². The molecule has 0 nitrogen and oxygen atoms in total. The van der Waals surface area contributed by atoms with Crippen LogP contribution in [0.2, 0.25) is 12.6 Å². The van der Waals surface area contributed by atoms with Crippen LogP contribution >= 0.6 is 0 Å². The molecule has 0 aliphatic carbocycles. The topological polar surface area (TPSA) is 0 Å². The summed E-state index contributed by atoms with van der Waals surface area (Å²) < 4.78 is 75.8. The Morgan fingerprint density at radius 2 is 1.16 bits per heavy atom. The number of alkyl halides is 6. The molecule has 0 aromatic heterocycles. The van der Waals surface area contributed by atoms with E-state index >= 15 is 0 Å². The molecule has 19 heavy (non-hydrogen) atoms. The first-order chi connectivity index (χ1) is 8.59. The van der Waals surface area contributed by atoms with Gasteiger partial charge in [0, 0.05) is 0 Å². The summed E-state index contributed by atoms with van der Waals surface area (Å²) >= 11 is 0. The van der Waals surface area contributed by atoms with Crippen molar-refractivity contribution in [2.75, 3.05) is 0 Å². The summed E-state index contributed by atoms with van der Waals surface area (Å²) in [6.07, 6.45) is -8.56. The molecule has 0 saturated carbocycles. The number of hydrogen-bond acceptors (Lipinski definition) is 0. The van der Waals surface area contributed by atoms with E-state index in [0.717, 1.165) is 12.1 Å². The highest BCUT2D eigenvalue weighted by Crippen LogP contribution is 2.34. The third kappa shape index (κ3) is 3.91. The van der Waals surface area contributed by atoms with Crippen LogP contribution in [0.5, 0.6) is 0 Å². The monoisotopic (exact) mass is 282 g/mol. The maximum absolute atomic E-state index is 12.6.